The molecule has 0 radical (unpaired) electrons. The van der Waals surface area contributed by atoms with E-state index >= 15 is 0 Å². The maximum absolute atomic E-state index is 12.4. The number of aromatic hydroxyl groups is 1. The minimum absolute atomic E-state index is 0.0301. The van der Waals surface area contributed by atoms with Gasteiger partial charge in [0.1, 0.15) is 5.56 Å². The summed E-state index contributed by atoms with van der Waals surface area (Å²) in [5.74, 6) is -0.459. The van der Waals surface area contributed by atoms with E-state index in [2.05, 4.69) is 9.98 Å². The zero-order chi connectivity index (χ0) is 20.7. The molecule has 2 heterocycles. The lowest BCUT2D eigenvalue weighted by atomic mass is 10.0. The summed E-state index contributed by atoms with van der Waals surface area (Å²) >= 11 is 6.16. The fourth-order valence-electron chi connectivity index (χ4n) is 3.37. The smallest absolute Gasteiger partial charge is 0.335 e. The third kappa shape index (κ3) is 3.21. The summed E-state index contributed by atoms with van der Waals surface area (Å²) in [5, 5.41) is 11.2. The van der Waals surface area contributed by atoms with Crippen molar-refractivity contribution in [1.29, 1.82) is 0 Å². The van der Waals surface area contributed by atoms with Gasteiger partial charge >= 0.3 is 5.69 Å². The quantitative estimate of drug-likeness (QED) is 0.687. The highest BCUT2D eigenvalue weighted by atomic mass is 35.5. The average molecular weight is 408 g/mol. The predicted molar refractivity (Wildman–Crippen MR) is 116 cm³/mol. The summed E-state index contributed by atoms with van der Waals surface area (Å²) in [6.45, 7) is 3.88. The molecule has 0 saturated carbocycles. The van der Waals surface area contributed by atoms with Gasteiger partial charge in [-0.1, -0.05) is 42.8 Å². The Balaban J connectivity index is 1.91. The highest BCUT2D eigenvalue weighted by molar-refractivity contribution is 6.31. The zero-order valence-electron chi connectivity index (χ0n) is 15.9. The van der Waals surface area contributed by atoms with Gasteiger partial charge in [-0.25, -0.2) is 9.36 Å². The van der Waals surface area contributed by atoms with Crippen molar-refractivity contribution in [1.82, 2.24) is 9.55 Å². The van der Waals surface area contributed by atoms with E-state index in [-0.39, 0.29) is 5.56 Å². The highest BCUT2D eigenvalue weighted by Gasteiger charge is 2.19. The Bertz CT molecular complexity index is 1320. The topological polar surface area (TPSA) is 87.4 Å². The maximum atomic E-state index is 12.4. The molecule has 3 aromatic rings. The molecular weight excluding hydrogens is 390 g/mol. The lowest BCUT2D eigenvalue weighted by Gasteiger charge is -2.11. The summed E-state index contributed by atoms with van der Waals surface area (Å²) < 4.78 is 1.02. The van der Waals surface area contributed by atoms with Crippen molar-refractivity contribution < 1.29 is 5.11 Å². The van der Waals surface area contributed by atoms with Crippen molar-refractivity contribution in [2.45, 2.75) is 20.3 Å². The number of rotatable bonds is 3. The lowest BCUT2D eigenvalue weighted by Crippen LogP contribution is -2.30. The second-order valence-electron chi connectivity index (χ2n) is 6.79. The van der Waals surface area contributed by atoms with Crippen LogP contribution in [0.1, 0.15) is 29.2 Å². The van der Waals surface area contributed by atoms with Crippen LogP contribution in [-0.2, 0) is 6.42 Å². The predicted octanol–water partition coefficient (Wildman–Crippen LogP) is 4.01. The largest absolute Gasteiger partial charge is 0.494 e. The van der Waals surface area contributed by atoms with E-state index in [0.29, 0.717) is 16.3 Å². The molecule has 6 nitrogen and oxygen atoms in total. The van der Waals surface area contributed by atoms with Crippen molar-refractivity contribution >= 4 is 35.2 Å². The van der Waals surface area contributed by atoms with Crippen molar-refractivity contribution in [3.63, 3.8) is 0 Å². The molecule has 29 heavy (non-hydrogen) atoms. The number of aromatic nitrogens is 2. The van der Waals surface area contributed by atoms with Gasteiger partial charge in [-0.2, -0.15) is 0 Å². The highest BCUT2D eigenvalue weighted by Crippen LogP contribution is 2.36. The van der Waals surface area contributed by atoms with Gasteiger partial charge in [0.05, 0.1) is 11.4 Å². The van der Waals surface area contributed by atoms with Crippen LogP contribution >= 0.6 is 11.6 Å². The van der Waals surface area contributed by atoms with Gasteiger partial charge in [-0.3, -0.25) is 14.8 Å². The number of aromatic amines is 1. The number of benzene rings is 2. The Kier molecular flexibility index (Phi) is 4.72. The van der Waals surface area contributed by atoms with E-state index in [4.69, 9.17) is 11.6 Å². The van der Waals surface area contributed by atoms with Gasteiger partial charge < -0.3 is 5.11 Å². The van der Waals surface area contributed by atoms with E-state index in [0.717, 1.165) is 33.4 Å². The molecule has 0 unspecified atom stereocenters. The zero-order valence-corrected chi connectivity index (χ0v) is 16.6. The molecule has 0 atom stereocenters. The first-order valence-corrected chi connectivity index (χ1v) is 9.51. The molecule has 0 saturated heterocycles. The molecule has 2 aromatic carbocycles. The molecule has 146 valence electrons. The van der Waals surface area contributed by atoms with Crippen molar-refractivity contribution in [2.75, 3.05) is 0 Å². The first-order chi connectivity index (χ1) is 13.9. The van der Waals surface area contributed by atoms with Gasteiger partial charge in [0.15, 0.2) is 0 Å². The number of hydrogen-bond acceptors (Lipinski definition) is 4. The third-order valence-electron chi connectivity index (χ3n) is 4.98. The number of halogens is 1. The molecular formula is C22H18ClN3O3. The number of aliphatic imine (C=N–C) groups is 1. The lowest BCUT2D eigenvalue weighted by molar-refractivity contribution is 0.429. The maximum Gasteiger partial charge on any atom is 0.335 e. The van der Waals surface area contributed by atoms with E-state index in [1.54, 1.807) is 24.4 Å². The molecule has 2 N–H and O–H groups in total. The second kappa shape index (κ2) is 7.22. The molecule has 1 aliphatic heterocycles. The van der Waals surface area contributed by atoms with Crippen molar-refractivity contribution in [2.24, 2.45) is 4.99 Å². The Hall–Kier alpha value is -3.38. The standard InChI is InChI=1S/C22H18ClN3O3/c1-3-13-5-4-6-16-14(11-24-19(13)16)9-17-20(27)25-22(29)26(21(17)28)15-8-7-12(2)18(23)10-15/h4-11,28H,3H2,1-2H3,(H,25,27,29). The number of H-pyrrole nitrogens is 1. The van der Waals surface area contributed by atoms with Gasteiger partial charge in [-0.05, 0) is 42.7 Å². The minimum atomic E-state index is -0.747. The number of nitrogens with one attached hydrogen (secondary N) is 1. The molecule has 1 aliphatic rings. The van der Waals surface area contributed by atoms with Gasteiger partial charge in [0.2, 0.25) is 5.88 Å². The van der Waals surface area contributed by atoms with E-state index < -0.39 is 17.1 Å². The summed E-state index contributed by atoms with van der Waals surface area (Å²) in [7, 11) is 0. The first kappa shape index (κ1) is 19.0. The summed E-state index contributed by atoms with van der Waals surface area (Å²) in [6.07, 6.45) is 4.02. The average Bonchev–Trinajstić information content (AvgIpc) is 3.10. The van der Waals surface area contributed by atoms with Gasteiger partial charge in [-0.15, -0.1) is 0 Å². The number of aryl methyl sites for hydroxylation is 2. The van der Waals surface area contributed by atoms with Crippen LogP contribution in [0.4, 0.5) is 5.69 Å². The molecule has 0 aliphatic carbocycles. The number of allylic oxidation sites excluding steroid dienone is 1. The molecule has 0 spiro atoms. The number of hydrogen-bond donors (Lipinski definition) is 2. The number of fused-ring (bicyclic) bond motifs is 1. The Morgan fingerprint density at radius 2 is 2.03 bits per heavy atom. The van der Waals surface area contributed by atoms with Crippen LogP contribution in [0.5, 0.6) is 5.88 Å². The summed E-state index contributed by atoms with van der Waals surface area (Å²) in [5.41, 5.74) is 3.25. The Labute approximate surface area is 171 Å². The van der Waals surface area contributed by atoms with E-state index in [9.17, 15) is 14.7 Å². The fourth-order valence-corrected chi connectivity index (χ4v) is 3.54. The Morgan fingerprint density at radius 1 is 1.24 bits per heavy atom. The minimum Gasteiger partial charge on any atom is -0.494 e. The van der Waals surface area contributed by atoms with Gasteiger partial charge in [0, 0.05) is 22.4 Å². The van der Waals surface area contributed by atoms with Crippen LogP contribution in [-0.4, -0.2) is 20.9 Å². The molecule has 0 bridgehead atoms. The molecule has 1 aromatic heterocycles. The number of para-hydroxylation sites is 1. The van der Waals surface area contributed by atoms with Crippen LogP contribution in [0.2, 0.25) is 5.02 Å². The van der Waals surface area contributed by atoms with E-state index in [1.807, 2.05) is 32.0 Å². The molecule has 0 amide bonds. The van der Waals surface area contributed by atoms with Crippen LogP contribution in [0, 0.1) is 6.92 Å². The fraction of sp³-hybridized carbons (Fsp3) is 0.136. The summed E-state index contributed by atoms with van der Waals surface area (Å²) in [4.78, 5) is 31.5. The second-order valence-corrected chi connectivity index (χ2v) is 7.20. The first-order valence-electron chi connectivity index (χ1n) is 9.13. The van der Waals surface area contributed by atoms with Crippen molar-refractivity contribution in [3.8, 4) is 11.6 Å². The molecule has 0 fully saturated rings. The van der Waals surface area contributed by atoms with Crippen LogP contribution in [0.3, 0.4) is 0 Å². The SMILES string of the molecule is CCc1cccc2c1N=CC2=Cc1c(O)n(-c2ccc(C)c(Cl)c2)c(=O)[nH]c1=O. The van der Waals surface area contributed by atoms with Crippen molar-refractivity contribution in [3.05, 3.63) is 84.5 Å². The molecule has 7 heteroatoms. The monoisotopic (exact) mass is 407 g/mol. The van der Waals surface area contributed by atoms with Gasteiger partial charge in [0.25, 0.3) is 5.56 Å². The Morgan fingerprint density at radius 3 is 2.76 bits per heavy atom. The number of nitrogens with zero attached hydrogens (tertiary/aromatic N) is 2. The van der Waals surface area contributed by atoms with Crippen LogP contribution < -0.4 is 11.2 Å². The summed E-state index contributed by atoms with van der Waals surface area (Å²) in [6, 6.07) is 10.8. The third-order valence-corrected chi connectivity index (χ3v) is 5.39. The van der Waals surface area contributed by atoms with Crippen LogP contribution in [0.25, 0.3) is 17.3 Å². The van der Waals surface area contributed by atoms with E-state index in [1.165, 1.54) is 6.08 Å². The molecule has 4 rings (SSSR count). The van der Waals surface area contributed by atoms with Crippen LogP contribution in [0.15, 0.2) is 51.0 Å². The normalized spacial score (nSPS) is 13.8.